The highest BCUT2D eigenvalue weighted by Crippen LogP contribution is 2.64. The van der Waals surface area contributed by atoms with Gasteiger partial charge >= 0.3 is 0 Å². The minimum atomic E-state index is -0.923. The number of nitrogens with zero attached hydrogens (tertiary/aromatic N) is 8. The van der Waals surface area contributed by atoms with E-state index in [9.17, 15) is 0 Å². The number of hydrogen-bond acceptors (Lipinski definition) is 8. The summed E-state index contributed by atoms with van der Waals surface area (Å²) in [6, 6.07) is 111. The molecule has 0 unspecified atom stereocenters. The van der Waals surface area contributed by atoms with Gasteiger partial charge in [0.1, 0.15) is 0 Å². The Hall–Kier alpha value is -11.0. The zero-order valence-corrected chi connectivity index (χ0v) is 57.3. The second-order valence-corrected chi connectivity index (χ2v) is 29.8. The van der Waals surface area contributed by atoms with Crippen molar-refractivity contribution in [2.45, 2.75) is 132 Å². The lowest BCUT2D eigenvalue weighted by atomic mass is 9.67. The number of anilines is 20. The van der Waals surface area contributed by atoms with Crippen molar-refractivity contribution >= 4 is 114 Å². The maximum atomic E-state index is 2.71. The van der Waals surface area contributed by atoms with Crippen LogP contribution in [0.4, 0.5) is 114 Å². The van der Waals surface area contributed by atoms with Gasteiger partial charge in [0.2, 0.25) is 0 Å². The molecule has 9 aliphatic rings. The van der Waals surface area contributed by atoms with Gasteiger partial charge in [-0.05, 0) is 218 Å². The van der Waals surface area contributed by atoms with Crippen molar-refractivity contribution < 1.29 is 0 Å². The highest BCUT2D eigenvalue weighted by molar-refractivity contribution is 6.05. The van der Waals surface area contributed by atoms with Crippen LogP contribution >= 0.6 is 0 Å². The SMILES string of the molecule is c1ccc2c(c1)-c1ccccc1C2(c1cc(N2c3ccccc3N(C3CCCC3)c3ccccc32)cc(N2c3ccccc3N(C3CCCC3)c3ccccc32)c1)c1cc(N2c3ccccc3N(C3CCCC3)c3ccccc32)cc(N2c3ccccc3N(C3CCCC3)c3ccccc32)c1. The molecule has 0 bridgehead atoms. The quantitative estimate of drug-likeness (QED) is 0.134. The molecule has 0 amide bonds. The van der Waals surface area contributed by atoms with Gasteiger partial charge in [0.05, 0.1) is 96.4 Å². The molecular formula is C93H82N8. The Morgan fingerprint density at radius 1 is 0.198 bits per heavy atom. The van der Waals surface area contributed by atoms with Crippen molar-refractivity contribution in [1.29, 1.82) is 0 Å². The molecule has 12 aromatic rings. The van der Waals surface area contributed by atoms with E-state index in [2.05, 4.69) is 318 Å². The first kappa shape index (κ1) is 59.0. The third-order valence-corrected chi connectivity index (χ3v) is 24.5. The normalized spacial score (nSPS) is 18.0. The maximum Gasteiger partial charge on any atom is 0.0716 e. The molecule has 0 aromatic heterocycles. The van der Waals surface area contributed by atoms with Crippen LogP contribution in [0.5, 0.6) is 0 Å². The van der Waals surface area contributed by atoms with Crippen LogP contribution in [0.25, 0.3) is 11.1 Å². The van der Waals surface area contributed by atoms with Gasteiger partial charge in [-0.1, -0.05) is 197 Å². The fraction of sp³-hybridized carbons (Fsp3) is 0.226. The van der Waals surface area contributed by atoms with Crippen molar-refractivity contribution in [2.24, 2.45) is 0 Å². The molecule has 0 N–H and O–H groups in total. The average Bonchev–Trinajstić information content (AvgIpc) is 1.57. The molecule has 0 saturated heterocycles. The molecule has 8 heteroatoms. The van der Waals surface area contributed by atoms with Crippen molar-refractivity contribution in [3.8, 4) is 11.1 Å². The van der Waals surface area contributed by atoms with Gasteiger partial charge in [-0.3, -0.25) is 0 Å². The molecular weight excluding hydrogens is 1230 g/mol. The molecule has 8 nitrogen and oxygen atoms in total. The number of fused-ring (bicyclic) bond motifs is 11. The molecule has 4 fully saturated rings. The Morgan fingerprint density at radius 2 is 0.376 bits per heavy atom. The van der Waals surface area contributed by atoms with Gasteiger partial charge in [-0.2, -0.15) is 0 Å². The van der Waals surface area contributed by atoms with Crippen LogP contribution in [0.2, 0.25) is 0 Å². The van der Waals surface area contributed by atoms with Gasteiger partial charge in [0.15, 0.2) is 0 Å². The Morgan fingerprint density at radius 3 is 0.584 bits per heavy atom. The summed E-state index contributed by atoms with van der Waals surface area (Å²) in [4.78, 5) is 21.4. The second-order valence-electron chi connectivity index (χ2n) is 29.8. The molecule has 12 aromatic carbocycles. The number of rotatable bonds is 10. The summed E-state index contributed by atoms with van der Waals surface area (Å²) < 4.78 is 0. The third-order valence-electron chi connectivity index (χ3n) is 24.5. The van der Waals surface area contributed by atoms with E-state index in [0.717, 1.165) is 22.7 Å². The van der Waals surface area contributed by atoms with E-state index >= 15 is 0 Å². The van der Waals surface area contributed by atoms with Crippen LogP contribution in [0.3, 0.4) is 0 Å². The first-order valence-corrected chi connectivity index (χ1v) is 37.8. The van der Waals surface area contributed by atoms with Crippen molar-refractivity contribution in [3.63, 3.8) is 0 Å². The van der Waals surface area contributed by atoms with Crippen molar-refractivity contribution in [1.82, 2.24) is 0 Å². The van der Waals surface area contributed by atoms with Gasteiger partial charge in [-0.25, -0.2) is 0 Å². The van der Waals surface area contributed by atoms with Crippen LogP contribution in [-0.4, -0.2) is 24.2 Å². The lowest BCUT2D eigenvalue weighted by molar-refractivity contribution is 0.675. The Bertz CT molecular complexity index is 4460. The minimum Gasteiger partial charge on any atom is -0.335 e. The molecule has 4 heterocycles. The topological polar surface area (TPSA) is 25.9 Å². The van der Waals surface area contributed by atoms with E-state index in [-0.39, 0.29) is 0 Å². The average molecular weight is 1310 g/mol. The highest BCUT2D eigenvalue weighted by Gasteiger charge is 2.49. The van der Waals surface area contributed by atoms with E-state index in [1.54, 1.807) is 0 Å². The highest BCUT2D eigenvalue weighted by atomic mass is 15.3. The third kappa shape index (κ3) is 8.92. The summed E-state index contributed by atoms with van der Waals surface area (Å²) in [5, 5.41) is 0. The van der Waals surface area contributed by atoms with Gasteiger partial charge < -0.3 is 39.2 Å². The standard InChI is InChI=1S/C93H82N8/c1-2-30-65(29-1)94-77-41-13-21-49-85(77)98(86-50-22-14-42-78(86)94)69-57-63(58-70(61-69)99-87-51-23-15-43-79(87)95(66-31-3-4-32-66)80-44-16-24-52-88(80)99)93(75-39-11-9-37-73(75)74-38-10-12-40-76(74)93)64-59-71(100-89-53-25-17-45-81(89)96(67-33-5-6-34-67)82-46-18-26-54-90(82)100)62-72(60-64)101-91-55-27-19-47-83(91)97(68-35-7-8-36-68)84-48-20-28-56-92(84)101/h9-28,37-62,65-68H,1-8,29-36H2. The Labute approximate surface area is 594 Å². The molecule has 5 aliphatic carbocycles. The largest absolute Gasteiger partial charge is 0.335 e. The number of hydrogen-bond donors (Lipinski definition) is 0. The summed E-state index contributed by atoms with van der Waals surface area (Å²) in [5.74, 6) is 0. The summed E-state index contributed by atoms with van der Waals surface area (Å²) in [7, 11) is 0. The summed E-state index contributed by atoms with van der Waals surface area (Å²) in [5.41, 5.74) is 30.6. The molecule has 0 spiro atoms. The van der Waals surface area contributed by atoms with Crippen LogP contribution in [0.15, 0.2) is 279 Å². The first-order valence-electron chi connectivity index (χ1n) is 37.8. The van der Waals surface area contributed by atoms with E-state index in [1.807, 2.05) is 0 Å². The van der Waals surface area contributed by atoms with Crippen molar-refractivity contribution in [3.05, 3.63) is 301 Å². The lowest BCUT2D eigenvalue weighted by Gasteiger charge is -2.46. The van der Waals surface area contributed by atoms with Crippen LogP contribution < -0.4 is 39.2 Å². The van der Waals surface area contributed by atoms with Gasteiger partial charge in [-0.15, -0.1) is 0 Å². The smallest absolute Gasteiger partial charge is 0.0716 e. The predicted octanol–water partition coefficient (Wildman–Crippen LogP) is 25.5. The molecule has 0 radical (unpaired) electrons. The molecule has 4 saturated carbocycles. The Balaban J connectivity index is 0.886. The number of para-hydroxylation sites is 16. The van der Waals surface area contributed by atoms with Crippen LogP contribution in [-0.2, 0) is 5.41 Å². The molecule has 4 aliphatic heterocycles. The van der Waals surface area contributed by atoms with Crippen LogP contribution in [0.1, 0.15) is 125 Å². The monoisotopic (exact) mass is 1310 g/mol. The molecule has 0 atom stereocenters. The predicted molar refractivity (Wildman–Crippen MR) is 420 cm³/mol. The molecule has 21 rings (SSSR count). The minimum absolute atomic E-state index is 0.413. The van der Waals surface area contributed by atoms with Crippen LogP contribution in [0, 0.1) is 0 Å². The zero-order chi connectivity index (χ0) is 66.3. The van der Waals surface area contributed by atoms with Gasteiger partial charge in [0, 0.05) is 46.9 Å². The number of benzene rings is 12. The van der Waals surface area contributed by atoms with E-state index in [4.69, 9.17) is 0 Å². The van der Waals surface area contributed by atoms with Gasteiger partial charge in [0.25, 0.3) is 0 Å². The van der Waals surface area contributed by atoms with E-state index in [1.165, 1.54) is 227 Å². The summed E-state index contributed by atoms with van der Waals surface area (Å²) in [6.45, 7) is 0. The fourth-order valence-corrected chi connectivity index (χ4v) is 20.4. The maximum absolute atomic E-state index is 2.71. The molecule has 494 valence electrons. The first-order chi connectivity index (χ1) is 50.2. The van der Waals surface area contributed by atoms with E-state index < -0.39 is 5.41 Å². The lowest BCUT2D eigenvalue weighted by Crippen LogP contribution is -2.35. The van der Waals surface area contributed by atoms with E-state index in [0.29, 0.717) is 24.2 Å². The Kier molecular flexibility index (Phi) is 13.8. The van der Waals surface area contributed by atoms with Crippen molar-refractivity contribution in [2.75, 3.05) is 39.2 Å². The second kappa shape index (κ2) is 23.6. The zero-order valence-electron chi connectivity index (χ0n) is 57.3. The fourth-order valence-electron chi connectivity index (χ4n) is 20.4. The summed E-state index contributed by atoms with van der Waals surface area (Å²) in [6.07, 6.45) is 19.4. The summed E-state index contributed by atoms with van der Waals surface area (Å²) >= 11 is 0. The molecule has 101 heavy (non-hydrogen) atoms.